The molecule has 2 N–H and O–H groups in total. The molecule has 0 fully saturated rings. The summed E-state index contributed by atoms with van der Waals surface area (Å²) in [5, 5.41) is 21.7. The van der Waals surface area contributed by atoms with Crippen molar-refractivity contribution in [2.24, 2.45) is 9.98 Å². The Hall–Kier alpha value is -4.18. The third-order valence-corrected chi connectivity index (χ3v) is 9.75. The smallest absolute Gasteiger partial charge is 0.124 e. The summed E-state index contributed by atoms with van der Waals surface area (Å²) in [4.78, 5) is 9.29. The van der Waals surface area contributed by atoms with Gasteiger partial charge in [0.2, 0.25) is 0 Å². The summed E-state index contributed by atoms with van der Waals surface area (Å²) in [6, 6.07) is 25.3. The average Bonchev–Trinajstić information content (AvgIpc) is 3.46. The zero-order chi connectivity index (χ0) is 30.7. The Morgan fingerprint density at radius 2 is 1.23 bits per heavy atom. The van der Waals surface area contributed by atoms with Crippen molar-refractivity contribution in [2.45, 2.75) is 77.0 Å². The number of phenolic OH excluding ortho intramolecular Hbond substituents is 2. The third kappa shape index (κ3) is 5.36. The maximum Gasteiger partial charge on any atom is 0.124 e. The Morgan fingerprint density at radius 3 is 1.91 bits per heavy atom. The minimum absolute atomic E-state index is 0.00729. The van der Waals surface area contributed by atoms with E-state index in [9.17, 15) is 10.2 Å². The molecule has 44 heavy (non-hydrogen) atoms. The fraction of sp³-hybridized carbons (Fsp3) is 0.350. The molecule has 4 aromatic carbocycles. The van der Waals surface area contributed by atoms with Crippen LogP contribution in [0.1, 0.15) is 105 Å². The number of unbranched alkanes of at least 4 members (excludes halogenated alkanes) is 2. The molecule has 0 aliphatic heterocycles. The van der Waals surface area contributed by atoms with Crippen LogP contribution in [0.4, 0.5) is 0 Å². The van der Waals surface area contributed by atoms with Crippen molar-refractivity contribution in [3.05, 3.63) is 106 Å². The lowest BCUT2D eigenvalue weighted by Gasteiger charge is -2.33. The highest BCUT2D eigenvalue weighted by Gasteiger charge is 2.42. The maximum atomic E-state index is 11.0. The molecule has 1 atom stereocenters. The number of aliphatic imine (C=N–C) groups is 2. The predicted molar refractivity (Wildman–Crippen MR) is 184 cm³/mol. The van der Waals surface area contributed by atoms with Crippen LogP contribution in [0.2, 0.25) is 0 Å². The maximum absolute atomic E-state index is 11.0. The molecule has 0 saturated heterocycles. The van der Waals surface area contributed by atoms with Gasteiger partial charge in [0.05, 0.1) is 0 Å². The van der Waals surface area contributed by atoms with E-state index in [4.69, 9.17) is 0 Å². The van der Waals surface area contributed by atoms with Gasteiger partial charge in [0.15, 0.2) is 0 Å². The molecular formula is C40H44N2O2. The second-order valence-electron chi connectivity index (χ2n) is 12.5. The number of nitrogens with zero attached hydrogens (tertiary/aromatic N) is 2. The van der Waals surface area contributed by atoms with Crippen LogP contribution in [-0.4, -0.2) is 35.7 Å². The highest BCUT2D eigenvalue weighted by molar-refractivity contribution is 5.91. The van der Waals surface area contributed by atoms with Crippen LogP contribution in [0.3, 0.4) is 0 Å². The summed E-state index contributed by atoms with van der Waals surface area (Å²) in [6.07, 6.45) is 11.3. The van der Waals surface area contributed by atoms with E-state index in [0.29, 0.717) is 19.0 Å². The van der Waals surface area contributed by atoms with E-state index >= 15 is 0 Å². The van der Waals surface area contributed by atoms with Gasteiger partial charge >= 0.3 is 0 Å². The molecule has 2 aliphatic carbocycles. The lowest BCUT2D eigenvalue weighted by molar-refractivity contribution is 0.413. The molecule has 0 amide bonds. The molecule has 4 nitrogen and oxygen atoms in total. The van der Waals surface area contributed by atoms with Crippen LogP contribution >= 0.6 is 0 Å². The van der Waals surface area contributed by atoms with Crippen molar-refractivity contribution >= 4 is 12.4 Å². The van der Waals surface area contributed by atoms with Crippen LogP contribution in [0.25, 0.3) is 22.3 Å². The quantitative estimate of drug-likeness (QED) is 0.129. The van der Waals surface area contributed by atoms with Gasteiger partial charge in [-0.25, -0.2) is 0 Å². The van der Waals surface area contributed by atoms with Gasteiger partial charge in [-0.15, -0.1) is 0 Å². The van der Waals surface area contributed by atoms with Crippen molar-refractivity contribution in [3.8, 4) is 33.8 Å². The van der Waals surface area contributed by atoms with Gasteiger partial charge in [-0.2, -0.15) is 0 Å². The van der Waals surface area contributed by atoms with E-state index in [0.717, 1.165) is 36.0 Å². The van der Waals surface area contributed by atoms with E-state index in [1.54, 1.807) is 6.21 Å². The van der Waals surface area contributed by atoms with E-state index in [-0.39, 0.29) is 16.9 Å². The zero-order valence-corrected chi connectivity index (χ0v) is 26.3. The summed E-state index contributed by atoms with van der Waals surface area (Å²) in [7, 11) is 0. The normalized spacial score (nSPS) is 15.9. The Labute approximate surface area is 262 Å². The Morgan fingerprint density at radius 1 is 0.636 bits per heavy atom. The molecule has 2 aliphatic rings. The number of benzene rings is 4. The summed E-state index contributed by atoms with van der Waals surface area (Å²) >= 11 is 0. The average molecular weight is 585 g/mol. The van der Waals surface area contributed by atoms with Gasteiger partial charge in [0, 0.05) is 48.0 Å². The van der Waals surface area contributed by atoms with Crippen molar-refractivity contribution in [2.75, 3.05) is 13.1 Å². The number of fused-ring (bicyclic) bond motifs is 6. The zero-order valence-electron chi connectivity index (χ0n) is 26.3. The van der Waals surface area contributed by atoms with Gasteiger partial charge in [-0.3, -0.25) is 9.98 Å². The van der Waals surface area contributed by atoms with Crippen LogP contribution in [-0.2, 0) is 5.41 Å². The van der Waals surface area contributed by atoms with Crippen LogP contribution in [0, 0.1) is 0 Å². The first-order valence-corrected chi connectivity index (χ1v) is 16.4. The lowest BCUT2D eigenvalue weighted by Crippen LogP contribution is -2.25. The number of hydrogen-bond donors (Lipinski definition) is 2. The van der Waals surface area contributed by atoms with Gasteiger partial charge in [-0.05, 0) is 88.0 Å². The van der Waals surface area contributed by atoms with Gasteiger partial charge in [0.25, 0.3) is 0 Å². The number of rotatable bonds is 12. The molecule has 0 spiro atoms. The van der Waals surface area contributed by atoms with E-state index in [2.05, 4.69) is 91.4 Å². The van der Waals surface area contributed by atoms with Crippen molar-refractivity contribution in [3.63, 3.8) is 0 Å². The van der Waals surface area contributed by atoms with Crippen molar-refractivity contribution in [1.29, 1.82) is 0 Å². The minimum atomic E-state index is -0.00729. The highest BCUT2D eigenvalue weighted by Crippen LogP contribution is 2.55. The largest absolute Gasteiger partial charge is 0.507 e. The van der Waals surface area contributed by atoms with E-state index in [1.807, 2.05) is 18.3 Å². The first-order valence-electron chi connectivity index (χ1n) is 16.4. The summed E-state index contributed by atoms with van der Waals surface area (Å²) in [5.74, 6) is 0.847. The number of phenols is 2. The summed E-state index contributed by atoms with van der Waals surface area (Å²) in [6.45, 7) is 7.99. The van der Waals surface area contributed by atoms with E-state index in [1.165, 1.54) is 64.6 Å². The van der Waals surface area contributed by atoms with Crippen molar-refractivity contribution < 1.29 is 10.2 Å². The van der Waals surface area contributed by atoms with Crippen LogP contribution in [0.5, 0.6) is 11.5 Å². The molecule has 0 radical (unpaired) electrons. The van der Waals surface area contributed by atoms with Crippen molar-refractivity contribution in [1.82, 2.24) is 0 Å². The van der Waals surface area contributed by atoms with Gasteiger partial charge in [-0.1, -0.05) is 95.0 Å². The molecule has 4 aromatic rings. The fourth-order valence-corrected chi connectivity index (χ4v) is 7.41. The molecule has 226 valence electrons. The molecule has 0 heterocycles. The Bertz CT molecular complexity index is 1710. The topological polar surface area (TPSA) is 65.2 Å². The molecule has 6 rings (SSSR count). The SMILES string of the molecule is CCCCC1(CCCC)c2ccccc2-c2cc(O)c(C=NCCCN=Cc3cc4c(cc3O)-c3ccccc3[C@H]4C)cc21. The number of aromatic hydroxyl groups is 2. The van der Waals surface area contributed by atoms with Gasteiger partial charge in [0.1, 0.15) is 11.5 Å². The van der Waals surface area contributed by atoms with Gasteiger partial charge < -0.3 is 10.2 Å². The lowest BCUT2D eigenvalue weighted by atomic mass is 9.70. The molecule has 0 bridgehead atoms. The monoisotopic (exact) mass is 584 g/mol. The van der Waals surface area contributed by atoms with E-state index < -0.39 is 0 Å². The third-order valence-electron chi connectivity index (χ3n) is 9.75. The second kappa shape index (κ2) is 12.8. The molecule has 0 saturated carbocycles. The van der Waals surface area contributed by atoms with Crippen LogP contribution < -0.4 is 0 Å². The second-order valence-corrected chi connectivity index (χ2v) is 12.5. The molecule has 0 aromatic heterocycles. The number of hydrogen-bond acceptors (Lipinski definition) is 4. The Balaban J connectivity index is 1.14. The summed E-state index contributed by atoms with van der Waals surface area (Å²) in [5.41, 5.74) is 11.6. The van der Waals surface area contributed by atoms with Crippen LogP contribution in [0.15, 0.2) is 82.8 Å². The minimum Gasteiger partial charge on any atom is -0.507 e. The standard InChI is InChI=1S/C40H44N2O2/c1-4-6-17-40(18-7-5-2)36-16-11-10-15-32(36)35-24-39(44)29(22-37(35)40)26-42-20-12-19-41-25-28-21-33-27(3)30-13-8-9-14-31(30)34(33)23-38(28)43/h8-11,13-16,21-27,43-44H,4-7,12,17-20H2,1-3H3/t27-/m1/s1. The Kier molecular flexibility index (Phi) is 8.70. The predicted octanol–water partition coefficient (Wildman–Crippen LogP) is 9.80. The molecule has 0 unspecified atom stereocenters. The highest BCUT2D eigenvalue weighted by atomic mass is 16.3. The molecular weight excluding hydrogens is 540 g/mol. The molecule has 4 heteroatoms. The first-order chi connectivity index (χ1) is 21.5. The summed E-state index contributed by atoms with van der Waals surface area (Å²) < 4.78 is 0. The fourth-order valence-electron chi connectivity index (χ4n) is 7.41. The first kappa shape index (κ1) is 29.9.